The summed E-state index contributed by atoms with van der Waals surface area (Å²) in [6, 6.07) is 2.89. The molecule has 0 saturated heterocycles. The smallest absolute Gasteiger partial charge is 0.306 e. The standard InChI is InChI=1S/C7H7ClO6S2.Na/c1-15(9,10)14-7-3-2-5(4-6(7)8)16(11,12)13;/h2-4H,1H3,(H,11,12,13);. The minimum atomic E-state index is -4.38. The van der Waals surface area contributed by atoms with Gasteiger partial charge in [-0.2, -0.15) is 16.8 Å². The van der Waals surface area contributed by atoms with Crippen molar-refractivity contribution in [2.75, 3.05) is 6.26 Å². The zero-order valence-electron chi connectivity index (χ0n) is 8.91. The fraction of sp³-hybridized carbons (Fsp3) is 0.143. The second kappa shape index (κ2) is 5.87. The summed E-state index contributed by atoms with van der Waals surface area (Å²) in [4.78, 5) is -0.446. The molecule has 0 aliphatic carbocycles. The van der Waals surface area contributed by atoms with Crippen LogP contribution < -0.4 is 4.18 Å². The van der Waals surface area contributed by atoms with Gasteiger partial charge in [0.2, 0.25) is 0 Å². The van der Waals surface area contributed by atoms with Gasteiger partial charge in [-0.05, 0) is 18.2 Å². The minimum Gasteiger partial charge on any atom is -0.381 e. The molecule has 17 heavy (non-hydrogen) atoms. The first kappa shape index (κ1) is 17.2. The Morgan fingerprint density at radius 1 is 1.24 bits per heavy atom. The van der Waals surface area contributed by atoms with Crippen LogP contribution in [-0.4, -0.2) is 57.2 Å². The Labute approximate surface area is 126 Å². The Hall–Kier alpha value is 0.170. The van der Waals surface area contributed by atoms with Crippen molar-refractivity contribution in [3.63, 3.8) is 0 Å². The summed E-state index contributed by atoms with van der Waals surface area (Å²) < 4.78 is 56.2. The molecular weight excluding hydrogens is 303 g/mol. The average molecular weight is 310 g/mol. The molecule has 10 heteroatoms. The van der Waals surface area contributed by atoms with E-state index in [0.29, 0.717) is 0 Å². The van der Waals surface area contributed by atoms with Gasteiger partial charge < -0.3 is 4.18 Å². The van der Waals surface area contributed by atoms with Gasteiger partial charge in [-0.15, -0.1) is 0 Å². The Bertz CT molecular complexity index is 609. The van der Waals surface area contributed by atoms with E-state index in [2.05, 4.69) is 4.18 Å². The molecule has 0 unspecified atom stereocenters. The molecule has 1 rings (SSSR count). The number of rotatable bonds is 3. The molecule has 0 spiro atoms. The number of benzene rings is 1. The molecule has 0 bridgehead atoms. The first-order chi connectivity index (χ1) is 7.09. The largest absolute Gasteiger partial charge is 0.381 e. The van der Waals surface area contributed by atoms with E-state index in [9.17, 15) is 16.8 Å². The van der Waals surface area contributed by atoms with Crippen LogP contribution in [0.1, 0.15) is 0 Å². The van der Waals surface area contributed by atoms with E-state index in [-0.39, 0.29) is 40.3 Å². The predicted molar refractivity (Wildman–Crippen MR) is 62.5 cm³/mol. The van der Waals surface area contributed by atoms with E-state index >= 15 is 0 Å². The van der Waals surface area contributed by atoms with Crippen LogP contribution in [0, 0.1) is 0 Å². The minimum absolute atomic E-state index is 0. The van der Waals surface area contributed by atoms with E-state index in [0.717, 1.165) is 24.5 Å². The second-order valence-electron chi connectivity index (χ2n) is 2.85. The van der Waals surface area contributed by atoms with Crippen molar-refractivity contribution in [1.82, 2.24) is 0 Å². The summed E-state index contributed by atoms with van der Waals surface area (Å²) in [5.41, 5.74) is 0. The summed E-state index contributed by atoms with van der Waals surface area (Å²) in [6.45, 7) is 0. The van der Waals surface area contributed by atoms with Gasteiger partial charge in [0.25, 0.3) is 10.1 Å². The molecule has 1 radical (unpaired) electrons. The average Bonchev–Trinajstić information content (AvgIpc) is 2.04. The Kier molecular flexibility index (Phi) is 5.93. The molecule has 0 amide bonds. The maximum absolute atomic E-state index is 10.8. The van der Waals surface area contributed by atoms with Crippen molar-refractivity contribution in [3.05, 3.63) is 23.2 Å². The summed E-state index contributed by atoms with van der Waals surface area (Å²) in [6.07, 6.45) is 0.819. The van der Waals surface area contributed by atoms with Gasteiger partial charge in [-0.25, -0.2) is 0 Å². The van der Waals surface area contributed by atoms with Crippen LogP contribution in [0.2, 0.25) is 5.02 Å². The predicted octanol–water partition coefficient (Wildman–Crippen LogP) is 0.544. The molecule has 1 aromatic carbocycles. The molecule has 0 aliphatic rings. The van der Waals surface area contributed by atoms with Gasteiger partial charge in [-0.1, -0.05) is 11.6 Å². The van der Waals surface area contributed by atoms with Gasteiger partial charge in [0.05, 0.1) is 16.2 Å². The van der Waals surface area contributed by atoms with Crippen LogP contribution >= 0.6 is 11.6 Å². The van der Waals surface area contributed by atoms with Gasteiger partial charge in [0.1, 0.15) is 0 Å². The van der Waals surface area contributed by atoms with E-state index in [1.54, 1.807) is 0 Å². The molecule has 0 atom stereocenters. The zero-order chi connectivity index (χ0) is 12.6. The quantitative estimate of drug-likeness (QED) is 0.497. The van der Waals surface area contributed by atoms with E-state index in [4.69, 9.17) is 16.2 Å². The Morgan fingerprint density at radius 2 is 1.76 bits per heavy atom. The van der Waals surface area contributed by atoms with Crippen LogP contribution in [0.5, 0.6) is 5.75 Å². The van der Waals surface area contributed by atoms with E-state index < -0.39 is 25.1 Å². The third-order valence-corrected chi connectivity index (χ3v) is 3.07. The first-order valence-electron chi connectivity index (χ1n) is 3.76. The Morgan fingerprint density at radius 3 is 2.12 bits per heavy atom. The summed E-state index contributed by atoms with van der Waals surface area (Å²) >= 11 is 5.58. The zero-order valence-corrected chi connectivity index (χ0v) is 13.3. The van der Waals surface area contributed by atoms with E-state index in [1.165, 1.54) is 0 Å². The number of hydrogen-bond acceptors (Lipinski definition) is 5. The van der Waals surface area contributed by atoms with Gasteiger partial charge in [-0.3, -0.25) is 4.55 Å². The molecule has 6 nitrogen and oxygen atoms in total. The van der Waals surface area contributed by atoms with Crippen LogP contribution in [-0.2, 0) is 20.2 Å². The topological polar surface area (TPSA) is 97.7 Å². The van der Waals surface area contributed by atoms with Gasteiger partial charge in [0, 0.05) is 29.6 Å². The number of halogens is 1. The van der Waals surface area contributed by atoms with Crippen LogP contribution in [0.25, 0.3) is 0 Å². The summed E-state index contributed by atoms with van der Waals surface area (Å²) in [5, 5.41) is -0.236. The maximum atomic E-state index is 10.8. The summed E-state index contributed by atoms with van der Waals surface area (Å²) in [7, 11) is -8.12. The molecule has 0 heterocycles. The fourth-order valence-corrected chi connectivity index (χ4v) is 2.18. The van der Waals surface area contributed by atoms with Crippen LogP contribution in [0.4, 0.5) is 0 Å². The molecule has 0 aromatic heterocycles. The third kappa shape index (κ3) is 5.56. The van der Waals surface area contributed by atoms with Crippen LogP contribution in [0.15, 0.2) is 23.1 Å². The van der Waals surface area contributed by atoms with Crippen LogP contribution in [0.3, 0.4) is 0 Å². The number of hydrogen-bond donors (Lipinski definition) is 1. The molecule has 91 valence electrons. The molecule has 0 saturated carbocycles. The van der Waals surface area contributed by atoms with Crippen molar-refractivity contribution < 1.29 is 25.6 Å². The Balaban J connectivity index is 0.00000256. The molecule has 1 aromatic rings. The van der Waals surface area contributed by atoms with Crippen molar-refractivity contribution in [2.45, 2.75) is 4.90 Å². The maximum Gasteiger partial charge on any atom is 0.306 e. The second-order valence-corrected chi connectivity index (χ2v) is 6.26. The van der Waals surface area contributed by atoms with Crippen molar-refractivity contribution in [3.8, 4) is 5.75 Å². The van der Waals surface area contributed by atoms with Gasteiger partial charge in [0.15, 0.2) is 5.75 Å². The molecular formula is C7H7ClNaO6S2. The van der Waals surface area contributed by atoms with Gasteiger partial charge >= 0.3 is 10.1 Å². The first-order valence-corrected chi connectivity index (χ1v) is 7.39. The molecule has 0 fully saturated rings. The van der Waals surface area contributed by atoms with Crippen molar-refractivity contribution in [2.24, 2.45) is 0 Å². The van der Waals surface area contributed by atoms with Crippen molar-refractivity contribution >= 4 is 61.4 Å². The monoisotopic (exact) mass is 309 g/mol. The normalized spacial score (nSPS) is 11.7. The SMILES string of the molecule is CS(=O)(=O)Oc1ccc(S(=O)(=O)O)cc1Cl.[Na]. The molecule has 0 aliphatic heterocycles. The van der Waals surface area contributed by atoms with Crippen molar-refractivity contribution in [1.29, 1.82) is 0 Å². The summed E-state index contributed by atoms with van der Waals surface area (Å²) in [5.74, 6) is -0.212. The fourth-order valence-electron chi connectivity index (χ4n) is 0.873. The van der Waals surface area contributed by atoms with E-state index in [1.807, 2.05) is 0 Å². The third-order valence-electron chi connectivity index (χ3n) is 1.44. The molecule has 1 N–H and O–H groups in total.